The summed E-state index contributed by atoms with van der Waals surface area (Å²) in [7, 11) is 0. The molecule has 2 rings (SSSR count). The van der Waals surface area contributed by atoms with Gasteiger partial charge in [0.2, 0.25) is 0 Å². The Labute approximate surface area is 113 Å². The van der Waals surface area contributed by atoms with E-state index in [2.05, 4.69) is 24.5 Å². The van der Waals surface area contributed by atoms with E-state index in [4.69, 9.17) is 5.84 Å². The highest BCUT2D eigenvalue weighted by Gasteiger charge is 2.13. The monoisotopic (exact) mass is 258 g/mol. The van der Waals surface area contributed by atoms with E-state index < -0.39 is 0 Å². The number of rotatable bonds is 5. The number of aryl methyl sites for hydroxylation is 1. The second kappa shape index (κ2) is 6.45. The number of benzene rings is 2. The lowest BCUT2D eigenvalue weighted by Gasteiger charge is -2.19. The first-order valence-electron chi connectivity index (χ1n) is 6.53. The van der Waals surface area contributed by atoms with Crippen LogP contribution in [0.5, 0.6) is 0 Å². The second-order valence-corrected chi connectivity index (χ2v) is 4.60. The summed E-state index contributed by atoms with van der Waals surface area (Å²) in [6, 6.07) is 14.9. The van der Waals surface area contributed by atoms with Crippen molar-refractivity contribution >= 4 is 0 Å². The number of nitrogens with two attached hydrogens (primary N) is 1. The molecule has 0 aliphatic carbocycles. The van der Waals surface area contributed by atoms with Crippen molar-refractivity contribution in [3.05, 3.63) is 71.0 Å². The quantitative estimate of drug-likeness (QED) is 0.638. The van der Waals surface area contributed by atoms with Gasteiger partial charge in [0.1, 0.15) is 5.82 Å². The Balaban J connectivity index is 2.22. The predicted molar refractivity (Wildman–Crippen MR) is 76.0 cm³/mol. The third-order valence-corrected chi connectivity index (χ3v) is 3.37. The Morgan fingerprint density at radius 3 is 2.42 bits per heavy atom. The van der Waals surface area contributed by atoms with Gasteiger partial charge in [-0.05, 0) is 41.7 Å². The van der Waals surface area contributed by atoms with Gasteiger partial charge < -0.3 is 0 Å². The van der Waals surface area contributed by atoms with Crippen LogP contribution in [0.3, 0.4) is 0 Å². The maximum Gasteiger partial charge on any atom is 0.123 e. The van der Waals surface area contributed by atoms with Crippen LogP contribution >= 0.6 is 0 Å². The molecule has 0 aromatic heterocycles. The maximum absolute atomic E-state index is 12.9. The minimum Gasteiger partial charge on any atom is -0.271 e. The highest BCUT2D eigenvalue weighted by atomic mass is 19.1. The number of halogens is 1. The Kier molecular flexibility index (Phi) is 4.66. The Morgan fingerprint density at radius 1 is 1.11 bits per heavy atom. The van der Waals surface area contributed by atoms with Gasteiger partial charge >= 0.3 is 0 Å². The van der Waals surface area contributed by atoms with E-state index in [0.29, 0.717) is 0 Å². The molecule has 0 amide bonds. The van der Waals surface area contributed by atoms with E-state index >= 15 is 0 Å². The zero-order valence-corrected chi connectivity index (χ0v) is 11.1. The Bertz CT molecular complexity index is 523. The molecule has 1 unspecified atom stereocenters. The first kappa shape index (κ1) is 13.7. The second-order valence-electron chi connectivity index (χ2n) is 4.60. The summed E-state index contributed by atoms with van der Waals surface area (Å²) in [6.07, 6.45) is 1.71. The van der Waals surface area contributed by atoms with Crippen LogP contribution < -0.4 is 11.3 Å². The standard InChI is InChI=1S/C16H19FN2/c1-2-13-5-3-4-6-15(13)16(19-18)11-12-7-9-14(17)10-8-12/h3-10,16,19H,2,11,18H2,1H3. The average molecular weight is 258 g/mol. The molecule has 0 aliphatic rings. The van der Waals surface area contributed by atoms with Gasteiger partial charge in [-0.15, -0.1) is 0 Å². The van der Waals surface area contributed by atoms with Crippen molar-refractivity contribution < 1.29 is 4.39 Å². The van der Waals surface area contributed by atoms with Gasteiger partial charge in [-0.1, -0.05) is 43.3 Å². The molecule has 1 atom stereocenters. The van der Waals surface area contributed by atoms with Crippen LogP contribution in [0.2, 0.25) is 0 Å². The van der Waals surface area contributed by atoms with Crippen LogP contribution in [0.25, 0.3) is 0 Å². The lowest BCUT2D eigenvalue weighted by molar-refractivity contribution is 0.546. The van der Waals surface area contributed by atoms with Gasteiger partial charge in [-0.25, -0.2) is 4.39 Å². The lowest BCUT2D eigenvalue weighted by atomic mass is 9.94. The van der Waals surface area contributed by atoms with Crippen molar-refractivity contribution in [3.63, 3.8) is 0 Å². The average Bonchev–Trinajstić information content (AvgIpc) is 2.46. The van der Waals surface area contributed by atoms with Gasteiger partial charge in [0.15, 0.2) is 0 Å². The molecule has 3 heteroatoms. The molecule has 2 aromatic carbocycles. The fraction of sp³-hybridized carbons (Fsp3) is 0.250. The number of hydrogen-bond donors (Lipinski definition) is 2. The molecule has 0 saturated carbocycles. The van der Waals surface area contributed by atoms with E-state index in [-0.39, 0.29) is 11.9 Å². The van der Waals surface area contributed by atoms with Crippen molar-refractivity contribution in [2.75, 3.05) is 0 Å². The summed E-state index contributed by atoms with van der Waals surface area (Å²) in [5, 5.41) is 0. The van der Waals surface area contributed by atoms with Gasteiger partial charge in [0, 0.05) is 0 Å². The molecule has 0 bridgehead atoms. The van der Waals surface area contributed by atoms with Crippen LogP contribution in [-0.2, 0) is 12.8 Å². The maximum atomic E-state index is 12.9. The van der Waals surface area contributed by atoms with Gasteiger partial charge in [-0.3, -0.25) is 11.3 Å². The van der Waals surface area contributed by atoms with Crippen LogP contribution in [-0.4, -0.2) is 0 Å². The smallest absolute Gasteiger partial charge is 0.123 e. The molecule has 0 fully saturated rings. The zero-order chi connectivity index (χ0) is 13.7. The number of hydrazine groups is 1. The first-order valence-corrected chi connectivity index (χ1v) is 6.53. The Morgan fingerprint density at radius 2 is 1.79 bits per heavy atom. The largest absolute Gasteiger partial charge is 0.271 e. The molecule has 0 radical (unpaired) electrons. The molecular weight excluding hydrogens is 239 g/mol. The number of hydrogen-bond acceptors (Lipinski definition) is 2. The first-order chi connectivity index (χ1) is 9.24. The molecule has 0 saturated heterocycles. The van der Waals surface area contributed by atoms with Crippen molar-refractivity contribution in [3.8, 4) is 0 Å². The Hall–Kier alpha value is -1.71. The predicted octanol–water partition coefficient (Wildman–Crippen LogP) is 3.14. The topological polar surface area (TPSA) is 38.0 Å². The summed E-state index contributed by atoms with van der Waals surface area (Å²) in [4.78, 5) is 0. The van der Waals surface area contributed by atoms with Crippen LogP contribution in [0, 0.1) is 5.82 Å². The highest BCUT2D eigenvalue weighted by molar-refractivity contribution is 5.31. The molecule has 2 nitrogen and oxygen atoms in total. The molecule has 0 heterocycles. The normalized spacial score (nSPS) is 12.4. The molecule has 0 spiro atoms. The summed E-state index contributed by atoms with van der Waals surface area (Å²) in [5.41, 5.74) is 6.42. The summed E-state index contributed by atoms with van der Waals surface area (Å²) >= 11 is 0. The molecule has 3 N–H and O–H groups in total. The third kappa shape index (κ3) is 3.40. The minimum atomic E-state index is -0.213. The summed E-state index contributed by atoms with van der Waals surface area (Å²) in [6.45, 7) is 2.13. The van der Waals surface area contributed by atoms with E-state index in [1.807, 2.05) is 12.1 Å². The van der Waals surface area contributed by atoms with Crippen LogP contribution in [0.15, 0.2) is 48.5 Å². The SMILES string of the molecule is CCc1ccccc1C(Cc1ccc(F)cc1)NN. The minimum absolute atomic E-state index is 0.0432. The van der Waals surface area contributed by atoms with Gasteiger partial charge in [-0.2, -0.15) is 0 Å². The van der Waals surface area contributed by atoms with Crippen LogP contribution in [0.4, 0.5) is 4.39 Å². The van der Waals surface area contributed by atoms with Crippen molar-refractivity contribution in [1.82, 2.24) is 5.43 Å². The molecule has 19 heavy (non-hydrogen) atoms. The van der Waals surface area contributed by atoms with E-state index in [1.54, 1.807) is 12.1 Å². The zero-order valence-electron chi connectivity index (χ0n) is 11.1. The van der Waals surface area contributed by atoms with Crippen molar-refractivity contribution in [2.45, 2.75) is 25.8 Å². The fourth-order valence-electron chi connectivity index (χ4n) is 2.31. The molecule has 2 aromatic rings. The molecule has 0 aliphatic heterocycles. The summed E-state index contributed by atoms with van der Waals surface area (Å²) in [5.74, 6) is 5.47. The molecular formula is C16H19FN2. The molecule has 100 valence electrons. The van der Waals surface area contributed by atoms with E-state index in [0.717, 1.165) is 18.4 Å². The van der Waals surface area contributed by atoms with E-state index in [9.17, 15) is 4.39 Å². The van der Waals surface area contributed by atoms with Gasteiger partial charge in [0.25, 0.3) is 0 Å². The van der Waals surface area contributed by atoms with E-state index in [1.165, 1.54) is 23.3 Å². The fourth-order valence-corrected chi connectivity index (χ4v) is 2.31. The van der Waals surface area contributed by atoms with Gasteiger partial charge in [0.05, 0.1) is 6.04 Å². The number of nitrogens with one attached hydrogen (secondary N) is 1. The van der Waals surface area contributed by atoms with Crippen molar-refractivity contribution in [1.29, 1.82) is 0 Å². The van der Waals surface area contributed by atoms with Crippen LogP contribution in [0.1, 0.15) is 29.7 Å². The lowest BCUT2D eigenvalue weighted by Crippen LogP contribution is -2.30. The summed E-state index contributed by atoms with van der Waals surface area (Å²) < 4.78 is 12.9. The van der Waals surface area contributed by atoms with Crippen molar-refractivity contribution in [2.24, 2.45) is 5.84 Å². The highest BCUT2D eigenvalue weighted by Crippen LogP contribution is 2.22. The third-order valence-electron chi connectivity index (χ3n) is 3.37.